The highest BCUT2D eigenvalue weighted by Crippen LogP contribution is 2.24. The van der Waals surface area contributed by atoms with Crippen molar-refractivity contribution in [3.8, 4) is 0 Å². The molecule has 2 fully saturated rings. The molecule has 0 unspecified atom stereocenters. The Morgan fingerprint density at radius 2 is 1.62 bits per heavy atom. The number of rotatable bonds is 3. The van der Waals surface area contributed by atoms with Gasteiger partial charge in [0, 0.05) is 38.8 Å². The van der Waals surface area contributed by atoms with Crippen LogP contribution in [0.4, 0.5) is 0 Å². The molecule has 0 amide bonds. The van der Waals surface area contributed by atoms with E-state index in [1.165, 1.54) is 38.8 Å². The summed E-state index contributed by atoms with van der Waals surface area (Å²) in [6.45, 7) is 9.25. The molecule has 0 aromatic rings. The molecule has 1 aliphatic heterocycles. The highest BCUT2D eigenvalue weighted by atomic mass is 16.3. The van der Waals surface area contributed by atoms with Crippen LogP contribution in [0, 0.1) is 0 Å². The number of nitrogens with zero attached hydrogens (tertiary/aromatic N) is 2. The lowest BCUT2D eigenvalue weighted by Crippen LogP contribution is -2.52. The third-order valence-corrected chi connectivity index (χ3v) is 3.86. The molecule has 94 valence electrons. The lowest BCUT2D eigenvalue weighted by Gasteiger charge is -2.39. The highest BCUT2D eigenvalue weighted by Gasteiger charge is 2.27. The molecular weight excluding hydrogens is 200 g/mol. The normalized spacial score (nSPS) is 26.4. The Labute approximate surface area is 99.4 Å². The van der Waals surface area contributed by atoms with E-state index < -0.39 is 5.60 Å². The third-order valence-electron chi connectivity index (χ3n) is 3.86. The predicted molar refractivity (Wildman–Crippen MR) is 66.6 cm³/mol. The first-order valence-corrected chi connectivity index (χ1v) is 6.73. The zero-order valence-corrected chi connectivity index (χ0v) is 10.8. The number of aliphatic hydroxyl groups is 1. The van der Waals surface area contributed by atoms with Crippen LogP contribution in [0.5, 0.6) is 0 Å². The van der Waals surface area contributed by atoms with Crippen LogP contribution in [0.1, 0.15) is 39.5 Å². The largest absolute Gasteiger partial charge is 0.389 e. The second kappa shape index (κ2) is 5.03. The number of hydrogen-bond donors (Lipinski definition) is 1. The maximum absolute atomic E-state index is 9.79. The summed E-state index contributed by atoms with van der Waals surface area (Å²) in [5.41, 5.74) is -0.546. The van der Waals surface area contributed by atoms with Gasteiger partial charge in [0.15, 0.2) is 0 Å². The Morgan fingerprint density at radius 3 is 2.12 bits per heavy atom. The van der Waals surface area contributed by atoms with Crippen LogP contribution < -0.4 is 0 Å². The van der Waals surface area contributed by atoms with Gasteiger partial charge in [0.2, 0.25) is 0 Å². The van der Waals surface area contributed by atoms with Crippen molar-refractivity contribution in [2.75, 3.05) is 32.7 Å². The van der Waals surface area contributed by atoms with Gasteiger partial charge in [0.05, 0.1) is 5.60 Å². The summed E-state index contributed by atoms with van der Waals surface area (Å²) in [4.78, 5) is 5.05. The maximum Gasteiger partial charge on any atom is 0.0718 e. The van der Waals surface area contributed by atoms with Crippen molar-refractivity contribution >= 4 is 0 Å². The summed E-state index contributed by atoms with van der Waals surface area (Å²) in [5, 5.41) is 9.79. The Kier molecular flexibility index (Phi) is 3.88. The van der Waals surface area contributed by atoms with Crippen LogP contribution in [0.3, 0.4) is 0 Å². The van der Waals surface area contributed by atoms with E-state index in [9.17, 15) is 5.11 Å². The fraction of sp³-hybridized carbons (Fsp3) is 1.00. The molecule has 0 radical (unpaired) electrons. The van der Waals surface area contributed by atoms with Gasteiger partial charge >= 0.3 is 0 Å². The SMILES string of the molecule is CC(C)(O)CN1CCN(C2CCCC2)CC1. The van der Waals surface area contributed by atoms with Crippen LogP contribution >= 0.6 is 0 Å². The summed E-state index contributed by atoms with van der Waals surface area (Å²) in [6.07, 6.45) is 5.67. The van der Waals surface area contributed by atoms with Crippen molar-refractivity contribution in [1.29, 1.82) is 0 Å². The minimum absolute atomic E-state index is 0.546. The molecule has 0 bridgehead atoms. The second-order valence-electron chi connectivity index (χ2n) is 6.06. The number of hydrogen-bond acceptors (Lipinski definition) is 3. The zero-order chi connectivity index (χ0) is 11.6. The van der Waals surface area contributed by atoms with Crippen LogP contribution in [-0.4, -0.2) is 59.3 Å². The third kappa shape index (κ3) is 3.44. The summed E-state index contributed by atoms with van der Waals surface area (Å²) in [6, 6.07) is 0.865. The Balaban J connectivity index is 1.74. The Morgan fingerprint density at radius 1 is 1.06 bits per heavy atom. The molecule has 2 aliphatic rings. The van der Waals surface area contributed by atoms with Gasteiger partial charge in [-0.3, -0.25) is 9.80 Å². The molecule has 1 aliphatic carbocycles. The van der Waals surface area contributed by atoms with Gasteiger partial charge in [-0.2, -0.15) is 0 Å². The molecule has 1 heterocycles. The molecule has 1 N–H and O–H groups in total. The average molecular weight is 226 g/mol. The van der Waals surface area contributed by atoms with Crippen molar-refractivity contribution in [3.63, 3.8) is 0 Å². The molecule has 0 spiro atoms. The van der Waals surface area contributed by atoms with E-state index in [2.05, 4.69) is 9.80 Å². The highest BCUT2D eigenvalue weighted by molar-refractivity contribution is 4.83. The fourth-order valence-corrected chi connectivity index (χ4v) is 3.10. The number of β-amino-alcohol motifs (C(OH)–C–C–N with tert-alkyl or cyclic N) is 1. The van der Waals surface area contributed by atoms with Gasteiger partial charge in [-0.05, 0) is 26.7 Å². The predicted octanol–water partition coefficient (Wildman–Crippen LogP) is 1.32. The monoisotopic (exact) mass is 226 g/mol. The quantitative estimate of drug-likeness (QED) is 0.786. The smallest absolute Gasteiger partial charge is 0.0718 e. The first-order chi connectivity index (χ1) is 7.54. The van der Waals surface area contributed by atoms with Crippen molar-refractivity contribution in [1.82, 2.24) is 9.80 Å². The lowest BCUT2D eigenvalue weighted by molar-refractivity contribution is 0.0114. The molecule has 1 saturated heterocycles. The van der Waals surface area contributed by atoms with E-state index in [1.54, 1.807) is 0 Å². The average Bonchev–Trinajstić information content (AvgIpc) is 2.69. The van der Waals surface area contributed by atoms with E-state index >= 15 is 0 Å². The van der Waals surface area contributed by atoms with E-state index in [1.807, 2.05) is 13.8 Å². The van der Waals surface area contributed by atoms with E-state index in [0.717, 1.165) is 25.7 Å². The topological polar surface area (TPSA) is 26.7 Å². The standard InChI is InChI=1S/C13H26N2O/c1-13(2,16)11-14-7-9-15(10-8-14)12-5-3-4-6-12/h12,16H,3-11H2,1-2H3. The molecule has 0 aromatic carbocycles. The molecule has 16 heavy (non-hydrogen) atoms. The minimum Gasteiger partial charge on any atom is -0.389 e. The van der Waals surface area contributed by atoms with Gasteiger partial charge in [-0.25, -0.2) is 0 Å². The molecule has 0 aromatic heterocycles. The van der Waals surface area contributed by atoms with Crippen molar-refractivity contribution < 1.29 is 5.11 Å². The van der Waals surface area contributed by atoms with E-state index in [4.69, 9.17) is 0 Å². The van der Waals surface area contributed by atoms with Gasteiger partial charge in [0.1, 0.15) is 0 Å². The zero-order valence-electron chi connectivity index (χ0n) is 10.8. The van der Waals surface area contributed by atoms with Crippen LogP contribution in [0.15, 0.2) is 0 Å². The minimum atomic E-state index is -0.546. The summed E-state index contributed by atoms with van der Waals surface area (Å²) in [5.74, 6) is 0. The lowest BCUT2D eigenvalue weighted by atomic mass is 10.1. The van der Waals surface area contributed by atoms with Gasteiger partial charge in [0.25, 0.3) is 0 Å². The van der Waals surface area contributed by atoms with Crippen molar-refractivity contribution in [2.45, 2.75) is 51.2 Å². The summed E-state index contributed by atoms with van der Waals surface area (Å²) < 4.78 is 0. The van der Waals surface area contributed by atoms with Crippen LogP contribution in [0.2, 0.25) is 0 Å². The first kappa shape index (κ1) is 12.3. The number of piperazine rings is 1. The van der Waals surface area contributed by atoms with Crippen molar-refractivity contribution in [2.24, 2.45) is 0 Å². The molecule has 0 atom stereocenters. The van der Waals surface area contributed by atoms with Crippen LogP contribution in [0.25, 0.3) is 0 Å². The molecule has 2 rings (SSSR count). The first-order valence-electron chi connectivity index (χ1n) is 6.73. The molecular formula is C13H26N2O. The molecule has 3 heteroatoms. The fourth-order valence-electron chi connectivity index (χ4n) is 3.10. The Hall–Kier alpha value is -0.120. The summed E-state index contributed by atoms with van der Waals surface area (Å²) >= 11 is 0. The second-order valence-corrected chi connectivity index (χ2v) is 6.06. The van der Waals surface area contributed by atoms with Crippen LogP contribution in [-0.2, 0) is 0 Å². The molecule has 3 nitrogen and oxygen atoms in total. The van der Waals surface area contributed by atoms with Gasteiger partial charge in [-0.1, -0.05) is 12.8 Å². The van der Waals surface area contributed by atoms with Gasteiger partial charge < -0.3 is 5.11 Å². The summed E-state index contributed by atoms with van der Waals surface area (Å²) in [7, 11) is 0. The Bertz CT molecular complexity index is 210. The van der Waals surface area contributed by atoms with E-state index in [-0.39, 0.29) is 0 Å². The molecule has 1 saturated carbocycles. The van der Waals surface area contributed by atoms with Crippen molar-refractivity contribution in [3.05, 3.63) is 0 Å². The van der Waals surface area contributed by atoms with E-state index in [0.29, 0.717) is 0 Å². The van der Waals surface area contributed by atoms with Gasteiger partial charge in [-0.15, -0.1) is 0 Å². The maximum atomic E-state index is 9.79.